The number of anilines is 1. The molecule has 1 aromatic heterocycles. The van der Waals surface area contributed by atoms with Crippen molar-refractivity contribution < 1.29 is 4.79 Å². The average molecular weight is 275 g/mol. The fourth-order valence-electron chi connectivity index (χ4n) is 1.72. The van der Waals surface area contributed by atoms with Gasteiger partial charge in [-0.3, -0.25) is 4.79 Å². The number of rotatable bonds is 5. The summed E-state index contributed by atoms with van der Waals surface area (Å²) in [7, 11) is 0. The number of hydrogen-bond donors (Lipinski definition) is 2. The molecule has 0 saturated heterocycles. The van der Waals surface area contributed by atoms with Crippen molar-refractivity contribution in [2.75, 3.05) is 11.9 Å². The molecule has 0 bridgehead atoms. The zero-order valence-electron chi connectivity index (χ0n) is 11.0. The molecule has 0 unspecified atom stereocenters. The first-order chi connectivity index (χ1) is 9.16. The summed E-state index contributed by atoms with van der Waals surface area (Å²) >= 11 is 1.30. The molecular weight excluding hydrogens is 258 g/mol. The van der Waals surface area contributed by atoms with E-state index in [9.17, 15) is 4.79 Å². The molecule has 0 aliphatic heterocycles. The van der Waals surface area contributed by atoms with Gasteiger partial charge in [-0.25, -0.2) is 0 Å². The molecule has 19 heavy (non-hydrogen) atoms. The molecule has 0 aliphatic rings. The van der Waals surface area contributed by atoms with Crippen molar-refractivity contribution in [3.05, 3.63) is 47.0 Å². The third-order valence-corrected chi connectivity index (χ3v) is 3.47. The average Bonchev–Trinajstić information content (AvgIpc) is 2.83. The van der Waals surface area contributed by atoms with Crippen LogP contribution in [0.15, 0.2) is 35.7 Å². The van der Waals surface area contributed by atoms with Crippen molar-refractivity contribution in [3.8, 4) is 0 Å². The minimum absolute atomic E-state index is 0.0621. The number of nitrogens with one attached hydrogen (secondary N) is 2. The Labute approximate surface area is 117 Å². The van der Waals surface area contributed by atoms with E-state index in [0.717, 1.165) is 11.4 Å². The van der Waals surface area contributed by atoms with E-state index >= 15 is 0 Å². The highest BCUT2D eigenvalue weighted by molar-refractivity contribution is 7.03. The predicted octanol–water partition coefficient (Wildman–Crippen LogP) is 2.68. The molecule has 0 fully saturated rings. The maximum absolute atomic E-state index is 11.9. The quantitative estimate of drug-likeness (QED) is 0.882. The minimum atomic E-state index is -0.0621. The molecule has 100 valence electrons. The van der Waals surface area contributed by atoms with Gasteiger partial charge in [-0.15, -0.1) is 0 Å². The molecule has 0 spiro atoms. The van der Waals surface area contributed by atoms with Gasteiger partial charge in [0.05, 0.1) is 11.3 Å². The van der Waals surface area contributed by atoms with Gasteiger partial charge in [0.1, 0.15) is 0 Å². The second-order valence-electron chi connectivity index (χ2n) is 4.44. The van der Waals surface area contributed by atoms with Crippen LogP contribution in [-0.2, 0) is 0 Å². The summed E-state index contributed by atoms with van der Waals surface area (Å²) in [6.45, 7) is 4.45. The summed E-state index contributed by atoms with van der Waals surface area (Å²) in [5, 5.41) is 8.02. The highest BCUT2D eigenvalue weighted by Crippen LogP contribution is 2.09. The summed E-state index contributed by atoms with van der Waals surface area (Å²) < 4.78 is 4.10. The van der Waals surface area contributed by atoms with Gasteiger partial charge in [0.2, 0.25) is 0 Å². The number of carbonyl (C=O) groups is 1. The van der Waals surface area contributed by atoms with Crippen molar-refractivity contribution in [1.29, 1.82) is 0 Å². The van der Waals surface area contributed by atoms with Crippen molar-refractivity contribution in [2.24, 2.45) is 0 Å². The van der Waals surface area contributed by atoms with E-state index in [1.54, 1.807) is 5.38 Å². The lowest BCUT2D eigenvalue weighted by Crippen LogP contribution is -2.34. The number of amides is 1. The van der Waals surface area contributed by atoms with Gasteiger partial charge in [0, 0.05) is 23.7 Å². The van der Waals surface area contributed by atoms with Crippen molar-refractivity contribution in [3.63, 3.8) is 0 Å². The van der Waals surface area contributed by atoms with E-state index in [-0.39, 0.29) is 11.9 Å². The van der Waals surface area contributed by atoms with Crippen LogP contribution in [0.3, 0.4) is 0 Å². The molecule has 0 aliphatic carbocycles. The zero-order valence-corrected chi connectivity index (χ0v) is 11.8. The molecule has 1 atom stereocenters. The van der Waals surface area contributed by atoms with Crippen molar-refractivity contribution >= 4 is 23.1 Å². The minimum Gasteiger partial charge on any atom is -0.381 e. The highest BCUT2D eigenvalue weighted by atomic mass is 32.1. The van der Waals surface area contributed by atoms with Crippen LogP contribution in [-0.4, -0.2) is 22.9 Å². The lowest BCUT2D eigenvalue weighted by atomic mass is 10.2. The molecule has 2 rings (SSSR count). The highest BCUT2D eigenvalue weighted by Gasteiger charge is 2.11. The largest absolute Gasteiger partial charge is 0.381 e. The Balaban J connectivity index is 1.82. The molecule has 1 amide bonds. The van der Waals surface area contributed by atoms with Crippen molar-refractivity contribution in [1.82, 2.24) is 9.69 Å². The molecule has 0 saturated carbocycles. The summed E-state index contributed by atoms with van der Waals surface area (Å²) in [6.07, 6.45) is 0. The number of aryl methyl sites for hydroxylation is 1. The van der Waals surface area contributed by atoms with Gasteiger partial charge in [0.25, 0.3) is 5.91 Å². The number of hydrogen-bond acceptors (Lipinski definition) is 4. The maximum atomic E-state index is 11.9. The fourth-order valence-corrected chi connectivity index (χ4v) is 2.41. The predicted molar refractivity (Wildman–Crippen MR) is 78.7 cm³/mol. The number of para-hydroxylation sites is 1. The van der Waals surface area contributed by atoms with Crippen LogP contribution in [0.2, 0.25) is 0 Å². The maximum Gasteiger partial charge on any atom is 0.254 e. The molecule has 1 aromatic carbocycles. The number of nitrogens with zero attached hydrogens (tertiary/aromatic N) is 1. The SMILES string of the molecule is Cc1nscc1C(=O)NC[C@H](C)Nc1ccccc1. The molecule has 2 aromatic rings. The van der Waals surface area contributed by atoms with Crippen LogP contribution < -0.4 is 10.6 Å². The monoisotopic (exact) mass is 275 g/mol. The lowest BCUT2D eigenvalue weighted by Gasteiger charge is -2.15. The summed E-state index contributed by atoms with van der Waals surface area (Å²) in [5.41, 5.74) is 2.50. The van der Waals surface area contributed by atoms with Crippen LogP contribution in [0, 0.1) is 6.92 Å². The zero-order chi connectivity index (χ0) is 13.7. The van der Waals surface area contributed by atoms with E-state index in [1.807, 2.05) is 44.2 Å². The first-order valence-electron chi connectivity index (χ1n) is 6.17. The van der Waals surface area contributed by atoms with E-state index < -0.39 is 0 Å². The van der Waals surface area contributed by atoms with Gasteiger partial charge >= 0.3 is 0 Å². The second kappa shape index (κ2) is 6.33. The first-order valence-corrected chi connectivity index (χ1v) is 7.01. The Morgan fingerprint density at radius 2 is 2.11 bits per heavy atom. The standard InChI is InChI=1S/C14H17N3OS/c1-10(16-12-6-4-3-5-7-12)8-15-14(18)13-9-19-17-11(13)2/h3-7,9-10,16H,8H2,1-2H3,(H,15,18)/t10-/m0/s1. The van der Waals surface area contributed by atoms with Crippen LogP contribution in [0.1, 0.15) is 23.0 Å². The van der Waals surface area contributed by atoms with E-state index in [0.29, 0.717) is 12.1 Å². The summed E-state index contributed by atoms with van der Waals surface area (Å²) in [5.74, 6) is -0.0621. The molecule has 1 heterocycles. The molecule has 5 heteroatoms. The van der Waals surface area contributed by atoms with Gasteiger partial charge in [-0.05, 0) is 37.5 Å². The van der Waals surface area contributed by atoms with Crippen LogP contribution in [0.5, 0.6) is 0 Å². The Kier molecular flexibility index (Phi) is 4.52. The fraction of sp³-hybridized carbons (Fsp3) is 0.286. The molecular formula is C14H17N3OS. The number of aromatic nitrogens is 1. The topological polar surface area (TPSA) is 54.0 Å². The number of carbonyl (C=O) groups excluding carboxylic acids is 1. The van der Waals surface area contributed by atoms with Crippen LogP contribution >= 0.6 is 11.5 Å². The van der Waals surface area contributed by atoms with E-state index in [1.165, 1.54) is 11.5 Å². The first kappa shape index (κ1) is 13.5. The molecule has 0 radical (unpaired) electrons. The van der Waals surface area contributed by atoms with Crippen LogP contribution in [0.25, 0.3) is 0 Å². The van der Waals surface area contributed by atoms with E-state index in [2.05, 4.69) is 15.0 Å². The van der Waals surface area contributed by atoms with E-state index in [4.69, 9.17) is 0 Å². The summed E-state index contributed by atoms with van der Waals surface area (Å²) in [4.78, 5) is 11.9. The third kappa shape index (κ3) is 3.79. The van der Waals surface area contributed by atoms with Gasteiger partial charge < -0.3 is 10.6 Å². The number of benzene rings is 1. The Bertz CT molecular complexity index is 539. The van der Waals surface area contributed by atoms with Crippen molar-refractivity contribution in [2.45, 2.75) is 19.9 Å². The Hall–Kier alpha value is -1.88. The molecule has 2 N–H and O–H groups in total. The van der Waals surface area contributed by atoms with Gasteiger partial charge in [-0.2, -0.15) is 4.37 Å². The normalized spacial score (nSPS) is 11.9. The van der Waals surface area contributed by atoms with Gasteiger partial charge in [-0.1, -0.05) is 18.2 Å². The Morgan fingerprint density at radius 1 is 1.37 bits per heavy atom. The summed E-state index contributed by atoms with van der Waals surface area (Å²) in [6, 6.07) is 10.1. The molecule has 4 nitrogen and oxygen atoms in total. The van der Waals surface area contributed by atoms with Crippen LogP contribution in [0.4, 0.5) is 5.69 Å². The third-order valence-electron chi connectivity index (χ3n) is 2.75. The smallest absolute Gasteiger partial charge is 0.254 e. The van der Waals surface area contributed by atoms with Gasteiger partial charge in [0.15, 0.2) is 0 Å². The Morgan fingerprint density at radius 3 is 2.74 bits per heavy atom. The second-order valence-corrected chi connectivity index (χ2v) is 5.06. The lowest BCUT2D eigenvalue weighted by molar-refractivity contribution is 0.0952.